The summed E-state index contributed by atoms with van der Waals surface area (Å²) in [5, 5.41) is 4.20. The highest BCUT2D eigenvalue weighted by molar-refractivity contribution is 5.79. The third-order valence-corrected chi connectivity index (χ3v) is 3.08. The second-order valence-electron chi connectivity index (χ2n) is 4.33. The fourth-order valence-corrected chi connectivity index (χ4v) is 2.18. The number of anilines is 1. The van der Waals surface area contributed by atoms with Crippen LogP contribution in [0.4, 0.5) is 5.69 Å². The lowest BCUT2D eigenvalue weighted by Crippen LogP contribution is -2.08. The van der Waals surface area contributed by atoms with Gasteiger partial charge >= 0.3 is 0 Å². The van der Waals surface area contributed by atoms with Crippen molar-refractivity contribution in [2.24, 2.45) is 0 Å². The quantitative estimate of drug-likeness (QED) is 0.711. The summed E-state index contributed by atoms with van der Waals surface area (Å²) in [6.45, 7) is 3.71. The Bertz CT molecular complexity index is 666. The Balaban J connectivity index is 1.93. The molecule has 2 heterocycles. The molecule has 0 fully saturated rings. The Morgan fingerprint density at radius 2 is 2.17 bits per heavy atom. The minimum Gasteiger partial charge on any atom is -0.399 e. The summed E-state index contributed by atoms with van der Waals surface area (Å²) in [6.07, 6.45) is 3.76. The van der Waals surface area contributed by atoms with Crippen molar-refractivity contribution in [3.05, 3.63) is 42.5 Å². The van der Waals surface area contributed by atoms with Crippen molar-refractivity contribution >= 4 is 16.7 Å². The first-order valence-corrected chi connectivity index (χ1v) is 5.94. The molecule has 3 rings (SSSR count). The predicted octanol–water partition coefficient (Wildman–Crippen LogP) is 1.82. The Kier molecular flexibility index (Phi) is 2.51. The average Bonchev–Trinajstić information content (AvgIpc) is 2.93. The van der Waals surface area contributed by atoms with Crippen molar-refractivity contribution in [1.29, 1.82) is 0 Å². The van der Waals surface area contributed by atoms with E-state index in [9.17, 15) is 0 Å². The molecule has 0 radical (unpaired) electrons. The van der Waals surface area contributed by atoms with Crippen LogP contribution in [0.25, 0.3) is 11.0 Å². The molecule has 2 aromatic heterocycles. The van der Waals surface area contributed by atoms with Gasteiger partial charge in [0.2, 0.25) is 0 Å². The number of fused-ring (bicyclic) bond motifs is 1. The molecular formula is C13H15N5. The average molecular weight is 241 g/mol. The summed E-state index contributed by atoms with van der Waals surface area (Å²) in [7, 11) is 0. The third kappa shape index (κ3) is 1.84. The number of aryl methyl sites for hydroxylation is 3. The molecule has 2 N–H and O–H groups in total. The summed E-state index contributed by atoms with van der Waals surface area (Å²) < 4.78 is 4.11. The molecule has 1 aromatic carbocycles. The highest BCUT2D eigenvalue weighted by Gasteiger charge is 2.07. The molecule has 0 amide bonds. The second kappa shape index (κ2) is 4.18. The minimum absolute atomic E-state index is 0.749. The fourth-order valence-electron chi connectivity index (χ4n) is 2.18. The molecule has 3 aromatic rings. The van der Waals surface area contributed by atoms with Crippen LogP contribution in [0.1, 0.15) is 5.82 Å². The van der Waals surface area contributed by atoms with Crippen molar-refractivity contribution in [1.82, 2.24) is 19.3 Å². The molecule has 0 saturated carbocycles. The lowest BCUT2D eigenvalue weighted by molar-refractivity contribution is 0.534. The van der Waals surface area contributed by atoms with Crippen LogP contribution in [0.3, 0.4) is 0 Å². The zero-order chi connectivity index (χ0) is 12.5. The van der Waals surface area contributed by atoms with Crippen molar-refractivity contribution in [3.63, 3.8) is 0 Å². The van der Waals surface area contributed by atoms with Gasteiger partial charge in [0.05, 0.1) is 17.6 Å². The van der Waals surface area contributed by atoms with Crippen molar-refractivity contribution in [2.75, 3.05) is 5.73 Å². The monoisotopic (exact) mass is 241 g/mol. The summed E-state index contributed by atoms with van der Waals surface area (Å²) >= 11 is 0. The molecule has 92 valence electrons. The molecule has 0 unspecified atom stereocenters. The van der Waals surface area contributed by atoms with Gasteiger partial charge in [0.15, 0.2) is 0 Å². The Hall–Kier alpha value is -2.30. The molecule has 0 aliphatic heterocycles. The summed E-state index contributed by atoms with van der Waals surface area (Å²) in [6, 6.07) is 7.77. The summed E-state index contributed by atoms with van der Waals surface area (Å²) in [5.41, 5.74) is 8.59. The van der Waals surface area contributed by atoms with E-state index in [1.54, 1.807) is 6.20 Å². The van der Waals surface area contributed by atoms with Gasteiger partial charge in [-0.05, 0) is 31.2 Å². The third-order valence-electron chi connectivity index (χ3n) is 3.08. The number of nitrogens with two attached hydrogens (primary N) is 1. The molecule has 0 spiro atoms. The Labute approximate surface area is 105 Å². The number of nitrogen functional groups attached to an aromatic ring is 1. The largest absolute Gasteiger partial charge is 0.399 e. The van der Waals surface area contributed by atoms with E-state index in [-0.39, 0.29) is 0 Å². The van der Waals surface area contributed by atoms with Crippen LogP contribution in [0.15, 0.2) is 36.7 Å². The zero-order valence-corrected chi connectivity index (χ0v) is 10.2. The number of hydrogen-bond donors (Lipinski definition) is 1. The molecular weight excluding hydrogens is 226 g/mol. The van der Waals surface area contributed by atoms with Crippen molar-refractivity contribution < 1.29 is 0 Å². The van der Waals surface area contributed by atoms with Crippen LogP contribution in [-0.2, 0) is 13.1 Å². The molecule has 5 heteroatoms. The first-order valence-electron chi connectivity index (χ1n) is 5.94. The van der Waals surface area contributed by atoms with Gasteiger partial charge in [-0.1, -0.05) is 0 Å². The number of hydrogen-bond acceptors (Lipinski definition) is 3. The Morgan fingerprint density at radius 3 is 2.94 bits per heavy atom. The number of nitrogens with zero attached hydrogens (tertiary/aromatic N) is 4. The van der Waals surface area contributed by atoms with E-state index in [0.717, 1.165) is 35.6 Å². The van der Waals surface area contributed by atoms with Gasteiger partial charge in [0.25, 0.3) is 0 Å². The van der Waals surface area contributed by atoms with Crippen molar-refractivity contribution in [2.45, 2.75) is 20.0 Å². The highest BCUT2D eigenvalue weighted by atomic mass is 15.3. The van der Waals surface area contributed by atoms with E-state index in [0.29, 0.717) is 0 Å². The van der Waals surface area contributed by atoms with Gasteiger partial charge in [-0.25, -0.2) is 4.98 Å². The van der Waals surface area contributed by atoms with Crippen LogP contribution in [-0.4, -0.2) is 19.3 Å². The number of benzene rings is 1. The van der Waals surface area contributed by atoms with E-state index in [2.05, 4.69) is 14.6 Å². The second-order valence-corrected chi connectivity index (χ2v) is 4.33. The van der Waals surface area contributed by atoms with Gasteiger partial charge in [-0.15, -0.1) is 0 Å². The standard InChI is InChI=1S/C13H15N5/c1-10-16-12-9-11(14)3-4-13(12)18(10)8-7-17-6-2-5-15-17/h2-6,9H,7-8,14H2,1H3. The van der Waals surface area contributed by atoms with E-state index in [1.165, 1.54) is 0 Å². The predicted molar refractivity (Wildman–Crippen MR) is 71.1 cm³/mol. The first kappa shape index (κ1) is 10.8. The number of aromatic nitrogens is 4. The van der Waals surface area contributed by atoms with Gasteiger partial charge in [-0.3, -0.25) is 4.68 Å². The molecule has 5 nitrogen and oxygen atoms in total. The maximum Gasteiger partial charge on any atom is 0.106 e. The fraction of sp³-hybridized carbons (Fsp3) is 0.231. The van der Waals surface area contributed by atoms with E-state index in [1.807, 2.05) is 42.1 Å². The first-order chi connectivity index (χ1) is 8.74. The zero-order valence-electron chi connectivity index (χ0n) is 10.2. The lowest BCUT2D eigenvalue weighted by atomic mass is 10.3. The van der Waals surface area contributed by atoms with Crippen LogP contribution < -0.4 is 5.73 Å². The SMILES string of the molecule is Cc1nc2cc(N)ccc2n1CCn1cccn1. The number of imidazole rings is 1. The van der Waals surface area contributed by atoms with Gasteiger partial charge in [0, 0.05) is 24.6 Å². The minimum atomic E-state index is 0.749. The lowest BCUT2D eigenvalue weighted by Gasteiger charge is -2.07. The smallest absolute Gasteiger partial charge is 0.106 e. The maximum atomic E-state index is 5.77. The highest BCUT2D eigenvalue weighted by Crippen LogP contribution is 2.18. The molecule has 0 atom stereocenters. The number of rotatable bonds is 3. The molecule has 0 bridgehead atoms. The van der Waals surface area contributed by atoms with Gasteiger partial charge in [-0.2, -0.15) is 5.10 Å². The van der Waals surface area contributed by atoms with Crippen LogP contribution in [0.2, 0.25) is 0 Å². The van der Waals surface area contributed by atoms with Gasteiger partial charge < -0.3 is 10.3 Å². The van der Waals surface area contributed by atoms with Crippen LogP contribution in [0.5, 0.6) is 0 Å². The topological polar surface area (TPSA) is 61.7 Å². The van der Waals surface area contributed by atoms with Gasteiger partial charge in [0.1, 0.15) is 5.82 Å². The normalized spacial score (nSPS) is 11.2. The molecule has 0 aliphatic rings. The van der Waals surface area contributed by atoms with E-state index < -0.39 is 0 Å². The summed E-state index contributed by atoms with van der Waals surface area (Å²) in [4.78, 5) is 4.53. The van der Waals surface area contributed by atoms with E-state index in [4.69, 9.17) is 5.73 Å². The molecule has 18 heavy (non-hydrogen) atoms. The van der Waals surface area contributed by atoms with E-state index >= 15 is 0 Å². The summed E-state index contributed by atoms with van der Waals surface area (Å²) in [5.74, 6) is 1.00. The maximum absolute atomic E-state index is 5.77. The Morgan fingerprint density at radius 1 is 1.28 bits per heavy atom. The van der Waals surface area contributed by atoms with Crippen molar-refractivity contribution in [3.8, 4) is 0 Å². The molecule has 0 saturated heterocycles. The molecule has 0 aliphatic carbocycles. The van der Waals surface area contributed by atoms with Crippen LogP contribution >= 0.6 is 0 Å². The van der Waals surface area contributed by atoms with Crippen LogP contribution in [0, 0.1) is 6.92 Å².